The van der Waals surface area contributed by atoms with Crippen LogP contribution in [0.25, 0.3) is 0 Å². The molecule has 0 heterocycles. The molecule has 16 heavy (non-hydrogen) atoms. The topological polar surface area (TPSA) is 29.3 Å². The molecule has 0 aliphatic carbocycles. The molecule has 0 aromatic heterocycles. The second kappa shape index (κ2) is 6.24. The summed E-state index contributed by atoms with van der Waals surface area (Å²) in [5, 5.41) is 0.774. The molecule has 1 atom stereocenters. The number of nitrogens with two attached hydrogens (primary N) is 1. The highest BCUT2D eigenvalue weighted by molar-refractivity contribution is 6.30. The number of hydrogen-bond donors (Lipinski definition) is 1. The number of nitrogens with zero attached hydrogens (tertiary/aromatic N) is 1. The Kier molecular flexibility index (Phi) is 5.26. The molecule has 0 bridgehead atoms. The highest BCUT2D eigenvalue weighted by Gasteiger charge is 2.19. The molecule has 0 aliphatic rings. The van der Waals surface area contributed by atoms with Gasteiger partial charge in [0, 0.05) is 23.7 Å². The van der Waals surface area contributed by atoms with Crippen molar-refractivity contribution in [1.29, 1.82) is 0 Å². The first kappa shape index (κ1) is 13.5. The molecule has 0 aliphatic heterocycles. The van der Waals surface area contributed by atoms with Crippen LogP contribution in [-0.4, -0.2) is 24.0 Å². The van der Waals surface area contributed by atoms with Crippen LogP contribution in [0.1, 0.15) is 32.4 Å². The van der Waals surface area contributed by atoms with Crippen LogP contribution in [-0.2, 0) is 0 Å². The summed E-state index contributed by atoms with van der Waals surface area (Å²) in [6, 6.07) is 8.71. The van der Waals surface area contributed by atoms with Crippen molar-refractivity contribution in [2.24, 2.45) is 5.73 Å². The van der Waals surface area contributed by atoms with E-state index in [0.717, 1.165) is 11.6 Å². The van der Waals surface area contributed by atoms with E-state index in [4.69, 9.17) is 17.3 Å². The van der Waals surface area contributed by atoms with Crippen LogP contribution in [0, 0.1) is 0 Å². The zero-order chi connectivity index (χ0) is 12.1. The normalized spacial score (nSPS) is 13.4. The van der Waals surface area contributed by atoms with Crippen molar-refractivity contribution >= 4 is 11.6 Å². The van der Waals surface area contributed by atoms with E-state index in [0.29, 0.717) is 12.6 Å². The summed E-state index contributed by atoms with van der Waals surface area (Å²) in [4.78, 5) is 2.38. The van der Waals surface area contributed by atoms with E-state index in [1.54, 1.807) is 0 Å². The predicted molar refractivity (Wildman–Crippen MR) is 70.8 cm³/mol. The Hall–Kier alpha value is -0.570. The number of rotatable bonds is 5. The maximum Gasteiger partial charge on any atom is 0.0473 e. The number of benzene rings is 1. The minimum absolute atomic E-state index is 0.253. The molecule has 0 saturated carbocycles. The average Bonchev–Trinajstić information content (AvgIpc) is 2.25. The van der Waals surface area contributed by atoms with Crippen molar-refractivity contribution < 1.29 is 0 Å². The summed E-state index contributed by atoms with van der Waals surface area (Å²) in [5.74, 6) is 0. The molecule has 3 heteroatoms. The van der Waals surface area contributed by atoms with E-state index in [1.807, 2.05) is 18.2 Å². The highest BCUT2D eigenvalue weighted by Crippen LogP contribution is 2.24. The van der Waals surface area contributed by atoms with Crippen molar-refractivity contribution in [3.8, 4) is 0 Å². The Morgan fingerprint density at radius 1 is 1.38 bits per heavy atom. The minimum atomic E-state index is 0.253. The molecule has 1 aromatic rings. The van der Waals surface area contributed by atoms with Gasteiger partial charge in [0.1, 0.15) is 0 Å². The molecule has 0 amide bonds. The third-order valence-electron chi connectivity index (χ3n) is 2.89. The number of hydrogen-bond acceptors (Lipinski definition) is 2. The fourth-order valence-corrected chi connectivity index (χ4v) is 2.32. The minimum Gasteiger partial charge on any atom is -0.329 e. The van der Waals surface area contributed by atoms with Gasteiger partial charge in [-0.3, -0.25) is 4.90 Å². The maximum atomic E-state index is 6.01. The summed E-state index contributed by atoms with van der Waals surface area (Å²) in [5.41, 5.74) is 7.08. The van der Waals surface area contributed by atoms with Gasteiger partial charge < -0.3 is 5.73 Å². The summed E-state index contributed by atoms with van der Waals surface area (Å²) in [6.45, 7) is 8.15. The van der Waals surface area contributed by atoms with Gasteiger partial charge in [0.05, 0.1) is 0 Å². The second-order valence-electron chi connectivity index (χ2n) is 4.23. The van der Waals surface area contributed by atoms with E-state index < -0.39 is 0 Å². The Balaban J connectivity index is 2.96. The van der Waals surface area contributed by atoms with E-state index in [9.17, 15) is 0 Å². The quantitative estimate of drug-likeness (QED) is 0.857. The Morgan fingerprint density at radius 3 is 2.50 bits per heavy atom. The van der Waals surface area contributed by atoms with E-state index in [-0.39, 0.29) is 6.04 Å². The van der Waals surface area contributed by atoms with Crippen LogP contribution in [0.15, 0.2) is 24.3 Å². The zero-order valence-corrected chi connectivity index (χ0v) is 11.0. The lowest BCUT2D eigenvalue weighted by atomic mass is 10.0. The van der Waals surface area contributed by atoms with Gasteiger partial charge in [-0.25, -0.2) is 0 Å². The van der Waals surface area contributed by atoms with Crippen molar-refractivity contribution in [3.05, 3.63) is 34.9 Å². The summed E-state index contributed by atoms with van der Waals surface area (Å²) in [7, 11) is 0. The van der Waals surface area contributed by atoms with E-state index in [2.05, 4.69) is 31.7 Å². The third kappa shape index (κ3) is 3.21. The zero-order valence-electron chi connectivity index (χ0n) is 10.3. The highest BCUT2D eigenvalue weighted by atomic mass is 35.5. The van der Waals surface area contributed by atoms with E-state index in [1.165, 1.54) is 5.56 Å². The van der Waals surface area contributed by atoms with Gasteiger partial charge in [0.25, 0.3) is 0 Å². The Morgan fingerprint density at radius 2 is 2.06 bits per heavy atom. The molecule has 2 nitrogen and oxygen atoms in total. The first-order valence-electron chi connectivity index (χ1n) is 5.81. The van der Waals surface area contributed by atoms with Gasteiger partial charge in [-0.05, 0) is 38.1 Å². The van der Waals surface area contributed by atoms with Crippen LogP contribution in [0.4, 0.5) is 0 Å². The molecule has 0 fully saturated rings. The molecular formula is C13H21ClN2. The molecule has 0 radical (unpaired) electrons. The maximum absolute atomic E-state index is 6.01. The molecular weight excluding hydrogens is 220 g/mol. The van der Waals surface area contributed by atoms with Gasteiger partial charge in [-0.1, -0.05) is 30.7 Å². The lowest BCUT2D eigenvalue weighted by molar-refractivity contribution is 0.166. The van der Waals surface area contributed by atoms with Crippen LogP contribution in [0.3, 0.4) is 0 Å². The molecule has 1 rings (SSSR count). The number of likely N-dealkylation sites (N-methyl/N-ethyl adjacent to an activating group) is 1. The van der Waals surface area contributed by atoms with Crippen LogP contribution < -0.4 is 5.73 Å². The largest absolute Gasteiger partial charge is 0.329 e. The van der Waals surface area contributed by atoms with Crippen LogP contribution >= 0.6 is 11.6 Å². The molecule has 2 N–H and O–H groups in total. The fraction of sp³-hybridized carbons (Fsp3) is 0.538. The molecule has 1 aromatic carbocycles. The average molecular weight is 241 g/mol. The summed E-state index contributed by atoms with van der Waals surface area (Å²) >= 11 is 6.01. The van der Waals surface area contributed by atoms with Gasteiger partial charge in [-0.2, -0.15) is 0 Å². The lowest BCUT2D eigenvalue weighted by Crippen LogP contribution is -2.38. The first-order valence-corrected chi connectivity index (χ1v) is 6.19. The molecule has 1 unspecified atom stereocenters. The second-order valence-corrected chi connectivity index (χ2v) is 4.67. The Bertz CT molecular complexity index is 325. The lowest BCUT2D eigenvalue weighted by Gasteiger charge is -2.33. The molecule has 90 valence electrons. The summed E-state index contributed by atoms with van der Waals surface area (Å²) < 4.78 is 0. The summed E-state index contributed by atoms with van der Waals surface area (Å²) in [6.07, 6.45) is 0. The van der Waals surface area contributed by atoms with Crippen molar-refractivity contribution in [3.63, 3.8) is 0 Å². The molecule has 0 spiro atoms. The smallest absolute Gasteiger partial charge is 0.0473 e. The van der Waals surface area contributed by atoms with E-state index >= 15 is 0 Å². The van der Waals surface area contributed by atoms with Crippen molar-refractivity contribution in [2.45, 2.75) is 32.9 Å². The van der Waals surface area contributed by atoms with Crippen molar-refractivity contribution in [1.82, 2.24) is 4.90 Å². The van der Waals surface area contributed by atoms with Gasteiger partial charge >= 0.3 is 0 Å². The standard InChI is InChI=1S/C13H21ClN2/c1-4-16(10(2)3)13(9-15)11-6-5-7-12(14)8-11/h5-8,10,13H,4,9,15H2,1-3H3. The number of halogens is 1. The van der Waals surface area contributed by atoms with Gasteiger partial charge in [0.2, 0.25) is 0 Å². The predicted octanol–water partition coefficient (Wildman–Crippen LogP) is 3.07. The third-order valence-corrected chi connectivity index (χ3v) is 3.12. The fourth-order valence-electron chi connectivity index (χ4n) is 2.12. The molecule has 0 saturated heterocycles. The Labute approximate surface area is 103 Å². The van der Waals surface area contributed by atoms with Crippen molar-refractivity contribution in [2.75, 3.05) is 13.1 Å². The first-order chi connectivity index (χ1) is 7.60. The van der Waals surface area contributed by atoms with Crippen LogP contribution in [0.5, 0.6) is 0 Å². The SMILES string of the molecule is CCN(C(C)C)C(CN)c1cccc(Cl)c1. The van der Waals surface area contributed by atoms with Crippen LogP contribution in [0.2, 0.25) is 5.02 Å². The van der Waals surface area contributed by atoms with Gasteiger partial charge in [-0.15, -0.1) is 0 Å². The monoisotopic (exact) mass is 240 g/mol. The van der Waals surface area contributed by atoms with Gasteiger partial charge in [0.15, 0.2) is 0 Å².